The maximum Gasteiger partial charge on any atom is 0.137 e. The molecule has 2 nitrogen and oxygen atoms in total. The Bertz CT molecular complexity index is 500. The fourth-order valence-corrected chi connectivity index (χ4v) is 1.92. The average Bonchev–Trinajstić information content (AvgIpc) is 2.27. The van der Waals surface area contributed by atoms with Crippen LogP contribution in [-0.2, 0) is 0 Å². The molecule has 0 saturated carbocycles. The molecule has 1 aromatic carbocycles. The van der Waals surface area contributed by atoms with Gasteiger partial charge in [-0.25, -0.2) is 13.8 Å². The number of halogens is 2. The molecule has 2 rings (SSSR count). The summed E-state index contributed by atoms with van der Waals surface area (Å²) in [7, 11) is 0. The lowest BCUT2D eigenvalue weighted by Gasteiger charge is -2.02. The highest BCUT2D eigenvalue weighted by Crippen LogP contribution is 2.28. The first-order chi connectivity index (χ1) is 7.65. The van der Waals surface area contributed by atoms with E-state index in [1.54, 1.807) is 12.1 Å². The summed E-state index contributed by atoms with van der Waals surface area (Å²) in [4.78, 5) is 4.20. The molecule has 0 unspecified atom stereocenters. The smallest absolute Gasteiger partial charge is 0.137 e. The lowest BCUT2D eigenvalue weighted by Crippen LogP contribution is -1.88. The number of aromatic nitrogens is 1. The number of hydrogen-bond donors (Lipinski definition) is 1. The molecule has 0 atom stereocenters. The Kier molecular flexibility index (Phi) is 3.05. The molecule has 2 N–H and O–H groups in total. The van der Waals surface area contributed by atoms with Gasteiger partial charge in [-0.2, -0.15) is 0 Å². The van der Waals surface area contributed by atoms with Crippen LogP contribution in [0.2, 0.25) is 0 Å². The van der Waals surface area contributed by atoms with Gasteiger partial charge in [0.2, 0.25) is 0 Å². The molecular formula is C11H8F2N2S. The second-order valence-corrected chi connectivity index (χ2v) is 4.17. The van der Waals surface area contributed by atoms with Crippen LogP contribution in [0.25, 0.3) is 0 Å². The van der Waals surface area contributed by atoms with E-state index < -0.39 is 11.6 Å². The summed E-state index contributed by atoms with van der Waals surface area (Å²) < 4.78 is 26.2. The van der Waals surface area contributed by atoms with Crippen LogP contribution >= 0.6 is 11.8 Å². The summed E-state index contributed by atoms with van der Waals surface area (Å²) in [6, 6.07) is 6.62. The van der Waals surface area contributed by atoms with Crippen molar-refractivity contribution in [1.82, 2.24) is 4.98 Å². The van der Waals surface area contributed by atoms with Crippen molar-refractivity contribution in [3.8, 4) is 0 Å². The monoisotopic (exact) mass is 238 g/mol. The van der Waals surface area contributed by atoms with Gasteiger partial charge in [0, 0.05) is 0 Å². The molecule has 0 aliphatic rings. The summed E-state index contributed by atoms with van der Waals surface area (Å²) in [5, 5.41) is 0.568. The van der Waals surface area contributed by atoms with E-state index in [-0.39, 0.29) is 4.90 Å². The van der Waals surface area contributed by atoms with Gasteiger partial charge in [0.1, 0.15) is 16.7 Å². The molecule has 5 heteroatoms. The van der Waals surface area contributed by atoms with Gasteiger partial charge in [0.05, 0.1) is 16.8 Å². The lowest BCUT2D eigenvalue weighted by atomic mass is 10.3. The van der Waals surface area contributed by atoms with Crippen molar-refractivity contribution in [1.29, 1.82) is 0 Å². The predicted octanol–water partition coefficient (Wildman–Crippen LogP) is 3.09. The van der Waals surface area contributed by atoms with E-state index in [1.807, 2.05) is 0 Å². The van der Waals surface area contributed by atoms with E-state index in [1.165, 1.54) is 6.20 Å². The number of pyridine rings is 1. The number of nitrogen functional groups attached to an aromatic ring is 1. The van der Waals surface area contributed by atoms with Gasteiger partial charge in [-0.1, -0.05) is 11.8 Å². The minimum atomic E-state index is -0.473. The molecule has 0 bridgehead atoms. The molecule has 2 aromatic rings. The topological polar surface area (TPSA) is 38.9 Å². The van der Waals surface area contributed by atoms with Gasteiger partial charge in [-0.05, 0) is 30.3 Å². The van der Waals surface area contributed by atoms with Gasteiger partial charge < -0.3 is 5.73 Å². The van der Waals surface area contributed by atoms with Crippen molar-refractivity contribution >= 4 is 17.4 Å². The van der Waals surface area contributed by atoms with E-state index in [4.69, 9.17) is 5.73 Å². The summed E-state index contributed by atoms with van der Waals surface area (Å²) in [5.74, 6) is -0.940. The minimum Gasteiger partial charge on any atom is -0.397 e. The van der Waals surface area contributed by atoms with E-state index in [2.05, 4.69) is 4.98 Å². The fraction of sp³-hybridized carbons (Fsp3) is 0. The summed E-state index contributed by atoms with van der Waals surface area (Å²) in [5.41, 5.74) is 6.00. The minimum absolute atomic E-state index is 0.206. The quantitative estimate of drug-likeness (QED) is 0.873. The van der Waals surface area contributed by atoms with E-state index in [0.717, 1.165) is 30.0 Å². The van der Waals surface area contributed by atoms with Crippen LogP contribution in [0.4, 0.5) is 14.5 Å². The van der Waals surface area contributed by atoms with Crippen LogP contribution in [-0.4, -0.2) is 4.98 Å². The number of nitrogens with zero attached hydrogens (tertiary/aromatic N) is 1. The van der Waals surface area contributed by atoms with Crippen LogP contribution in [0.1, 0.15) is 0 Å². The van der Waals surface area contributed by atoms with Crippen LogP contribution in [0.3, 0.4) is 0 Å². The first-order valence-corrected chi connectivity index (χ1v) is 5.31. The molecular weight excluding hydrogens is 230 g/mol. The zero-order chi connectivity index (χ0) is 11.5. The number of rotatable bonds is 2. The fourth-order valence-electron chi connectivity index (χ4n) is 1.12. The molecule has 82 valence electrons. The Hall–Kier alpha value is -1.62. The van der Waals surface area contributed by atoms with Crippen molar-refractivity contribution in [3.05, 3.63) is 48.2 Å². The maximum atomic E-state index is 13.3. The predicted molar refractivity (Wildman–Crippen MR) is 59.1 cm³/mol. The molecule has 0 radical (unpaired) electrons. The number of hydrogen-bond acceptors (Lipinski definition) is 3. The Balaban J connectivity index is 2.26. The normalized spacial score (nSPS) is 10.4. The van der Waals surface area contributed by atoms with Crippen molar-refractivity contribution in [2.75, 3.05) is 5.73 Å². The number of anilines is 1. The lowest BCUT2D eigenvalue weighted by molar-refractivity contribution is 0.577. The highest BCUT2D eigenvalue weighted by Gasteiger charge is 2.06. The van der Waals surface area contributed by atoms with Gasteiger partial charge in [-0.3, -0.25) is 0 Å². The number of nitrogens with two attached hydrogens (primary N) is 1. The van der Waals surface area contributed by atoms with E-state index in [0.29, 0.717) is 10.7 Å². The van der Waals surface area contributed by atoms with Crippen molar-refractivity contribution in [3.63, 3.8) is 0 Å². The van der Waals surface area contributed by atoms with Crippen LogP contribution < -0.4 is 5.73 Å². The van der Waals surface area contributed by atoms with Crippen molar-refractivity contribution < 1.29 is 8.78 Å². The zero-order valence-corrected chi connectivity index (χ0v) is 8.97. The Labute approximate surface area is 95.5 Å². The molecule has 1 heterocycles. The van der Waals surface area contributed by atoms with Gasteiger partial charge in [0.25, 0.3) is 0 Å². The Morgan fingerprint density at radius 3 is 2.62 bits per heavy atom. The first-order valence-electron chi connectivity index (χ1n) is 4.49. The van der Waals surface area contributed by atoms with Crippen LogP contribution in [0.15, 0.2) is 46.5 Å². The molecule has 0 spiro atoms. The summed E-state index contributed by atoms with van der Waals surface area (Å²) in [6.45, 7) is 0. The molecule has 0 aliphatic carbocycles. The van der Waals surface area contributed by atoms with Gasteiger partial charge in [-0.15, -0.1) is 0 Å². The SMILES string of the molecule is Nc1ccc(Sc2cc(F)ccc2F)nc1. The highest BCUT2D eigenvalue weighted by molar-refractivity contribution is 7.99. The van der Waals surface area contributed by atoms with Crippen LogP contribution in [0.5, 0.6) is 0 Å². The third-order valence-corrected chi connectivity index (χ3v) is 2.85. The summed E-state index contributed by atoms with van der Waals surface area (Å²) >= 11 is 1.06. The third kappa shape index (κ3) is 2.49. The first kappa shape index (κ1) is 10.9. The van der Waals surface area contributed by atoms with E-state index >= 15 is 0 Å². The largest absolute Gasteiger partial charge is 0.397 e. The average molecular weight is 238 g/mol. The van der Waals surface area contributed by atoms with Crippen LogP contribution in [0, 0.1) is 11.6 Å². The van der Waals surface area contributed by atoms with Crippen molar-refractivity contribution in [2.24, 2.45) is 0 Å². The maximum absolute atomic E-state index is 13.3. The van der Waals surface area contributed by atoms with E-state index in [9.17, 15) is 8.78 Å². The Morgan fingerprint density at radius 1 is 1.12 bits per heavy atom. The van der Waals surface area contributed by atoms with Gasteiger partial charge >= 0.3 is 0 Å². The Morgan fingerprint density at radius 2 is 1.94 bits per heavy atom. The third-order valence-electron chi connectivity index (χ3n) is 1.87. The summed E-state index contributed by atoms with van der Waals surface area (Å²) in [6.07, 6.45) is 1.47. The molecule has 1 aromatic heterocycles. The van der Waals surface area contributed by atoms with Crippen molar-refractivity contribution in [2.45, 2.75) is 9.92 Å². The second-order valence-electron chi connectivity index (χ2n) is 3.11. The van der Waals surface area contributed by atoms with Gasteiger partial charge in [0.15, 0.2) is 0 Å². The second kappa shape index (κ2) is 4.49. The molecule has 0 aliphatic heterocycles. The highest BCUT2D eigenvalue weighted by atomic mass is 32.2. The zero-order valence-electron chi connectivity index (χ0n) is 8.15. The number of benzene rings is 1. The standard InChI is InChI=1S/C11H8F2N2S/c12-7-1-3-9(13)10(5-7)16-11-4-2-8(14)6-15-11/h1-6H,14H2. The molecule has 0 fully saturated rings. The molecule has 0 saturated heterocycles. The molecule has 0 amide bonds. The molecule has 16 heavy (non-hydrogen) atoms.